The first-order valence-electron chi connectivity index (χ1n) is 7.53. The third-order valence-electron chi connectivity index (χ3n) is 4.50. The second kappa shape index (κ2) is 6.38. The van der Waals surface area contributed by atoms with Crippen LogP contribution in [0.3, 0.4) is 0 Å². The molecule has 5 heteroatoms. The van der Waals surface area contributed by atoms with E-state index in [2.05, 4.69) is 5.32 Å². The number of nitrogens with one attached hydrogen (secondary N) is 1. The molecule has 120 valence electrons. The lowest BCUT2D eigenvalue weighted by Gasteiger charge is -2.26. The number of carbonyl (C=O) groups is 2. The molecular weight excluding hydrogens is 282 g/mol. The molecule has 1 fully saturated rings. The minimum absolute atomic E-state index is 0.0499. The summed E-state index contributed by atoms with van der Waals surface area (Å²) in [6.45, 7) is 3.74. The van der Waals surface area contributed by atoms with Crippen LogP contribution in [0.25, 0.3) is 0 Å². The van der Waals surface area contributed by atoms with Crippen LogP contribution in [0.1, 0.15) is 38.7 Å². The first-order chi connectivity index (χ1) is 10.3. The summed E-state index contributed by atoms with van der Waals surface area (Å²) in [5, 5.41) is 12.0. The van der Waals surface area contributed by atoms with Crippen LogP contribution >= 0.6 is 0 Å². The van der Waals surface area contributed by atoms with Crippen LogP contribution in [0, 0.1) is 5.92 Å². The third-order valence-corrected chi connectivity index (χ3v) is 4.50. The van der Waals surface area contributed by atoms with Gasteiger partial charge in [0.05, 0.1) is 18.4 Å². The molecule has 0 radical (unpaired) electrons. The maximum Gasteiger partial charge on any atom is 0.306 e. The Balaban J connectivity index is 2.02. The Morgan fingerprint density at radius 2 is 1.86 bits per heavy atom. The van der Waals surface area contributed by atoms with E-state index in [1.807, 2.05) is 38.1 Å². The van der Waals surface area contributed by atoms with Gasteiger partial charge in [0.15, 0.2) is 0 Å². The second-order valence-corrected chi connectivity index (χ2v) is 6.37. The number of amides is 1. The minimum Gasteiger partial charge on any atom is -0.497 e. The number of rotatable bonds is 5. The molecule has 2 N–H and O–H groups in total. The zero-order valence-corrected chi connectivity index (χ0v) is 13.3. The number of carboxylic acid groups (broad SMARTS) is 1. The summed E-state index contributed by atoms with van der Waals surface area (Å²) in [4.78, 5) is 23.5. The summed E-state index contributed by atoms with van der Waals surface area (Å²) in [7, 11) is 1.60. The van der Waals surface area contributed by atoms with Crippen LogP contribution < -0.4 is 10.1 Å². The first-order valence-corrected chi connectivity index (χ1v) is 7.53. The number of benzene rings is 1. The van der Waals surface area contributed by atoms with Crippen LogP contribution in [0.4, 0.5) is 0 Å². The average Bonchev–Trinajstić information content (AvgIpc) is 2.96. The van der Waals surface area contributed by atoms with Gasteiger partial charge < -0.3 is 15.2 Å². The monoisotopic (exact) mass is 305 g/mol. The van der Waals surface area contributed by atoms with Gasteiger partial charge in [0.2, 0.25) is 5.91 Å². The van der Waals surface area contributed by atoms with Crippen molar-refractivity contribution >= 4 is 11.9 Å². The number of hydrogen-bond donors (Lipinski definition) is 2. The van der Waals surface area contributed by atoms with Gasteiger partial charge in [0.1, 0.15) is 5.75 Å². The zero-order chi connectivity index (χ0) is 16.3. The molecule has 0 bridgehead atoms. The molecule has 0 aromatic heterocycles. The fourth-order valence-electron chi connectivity index (χ4n) is 2.84. The van der Waals surface area contributed by atoms with E-state index in [4.69, 9.17) is 9.84 Å². The van der Waals surface area contributed by atoms with E-state index >= 15 is 0 Å². The van der Waals surface area contributed by atoms with Crippen LogP contribution in [-0.2, 0) is 15.0 Å². The molecule has 0 spiro atoms. The summed E-state index contributed by atoms with van der Waals surface area (Å²) in [5.74, 6) is -0.436. The minimum atomic E-state index is -0.772. The van der Waals surface area contributed by atoms with E-state index in [0.717, 1.165) is 17.7 Å². The van der Waals surface area contributed by atoms with Crippen molar-refractivity contribution < 1.29 is 19.4 Å². The Morgan fingerprint density at radius 3 is 2.36 bits per heavy atom. The Kier molecular flexibility index (Phi) is 4.74. The fourth-order valence-corrected chi connectivity index (χ4v) is 2.84. The van der Waals surface area contributed by atoms with Gasteiger partial charge in [-0.05, 0) is 50.8 Å². The standard InChI is InChI=1S/C17H23NO4/c1-17(2,12-5-8-14(22-3)9-6-12)16(21)18-13-7-4-11(10-13)15(19)20/h5-6,8-9,11,13H,4,7,10H2,1-3H3,(H,18,21)(H,19,20)/t11-,13+/m0/s1. The van der Waals surface area contributed by atoms with E-state index < -0.39 is 11.4 Å². The second-order valence-electron chi connectivity index (χ2n) is 6.37. The van der Waals surface area contributed by atoms with E-state index in [9.17, 15) is 9.59 Å². The van der Waals surface area contributed by atoms with Crippen molar-refractivity contribution in [2.24, 2.45) is 5.92 Å². The molecule has 22 heavy (non-hydrogen) atoms. The predicted octanol–water partition coefficient (Wildman–Crippen LogP) is 2.34. The topological polar surface area (TPSA) is 75.6 Å². The maximum absolute atomic E-state index is 12.6. The number of methoxy groups -OCH3 is 1. The highest BCUT2D eigenvalue weighted by molar-refractivity contribution is 5.87. The average molecular weight is 305 g/mol. The summed E-state index contributed by atoms with van der Waals surface area (Å²) < 4.78 is 5.13. The van der Waals surface area contributed by atoms with Gasteiger partial charge in [-0.15, -0.1) is 0 Å². The van der Waals surface area contributed by atoms with Crippen LogP contribution in [0.5, 0.6) is 5.75 Å². The van der Waals surface area contributed by atoms with Crippen molar-refractivity contribution in [2.75, 3.05) is 7.11 Å². The van der Waals surface area contributed by atoms with Crippen molar-refractivity contribution in [1.29, 1.82) is 0 Å². The molecule has 1 aliphatic carbocycles. The van der Waals surface area contributed by atoms with E-state index in [1.165, 1.54) is 0 Å². The summed E-state index contributed by atoms with van der Waals surface area (Å²) in [5.41, 5.74) is 0.228. The van der Waals surface area contributed by atoms with Gasteiger partial charge in [-0.3, -0.25) is 9.59 Å². The quantitative estimate of drug-likeness (QED) is 0.875. The number of carbonyl (C=O) groups excluding carboxylic acids is 1. The SMILES string of the molecule is COc1ccc(C(C)(C)C(=O)N[C@@H]2CC[C@H](C(=O)O)C2)cc1. The van der Waals surface area contributed by atoms with Gasteiger partial charge in [-0.25, -0.2) is 0 Å². The van der Waals surface area contributed by atoms with Crippen molar-refractivity contribution in [3.63, 3.8) is 0 Å². The van der Waals surface area contributed by atoms with Crippen LogP contribution in [0.15, 0.2) is 24.3 Å². The fraction of sp³-hybridized carbons (Fsp3) is 0.529. The number of hydrogen-bond acceptors (Lipinski definition) is 3. The van der Waals surface area contributed by atoms with Gasteiger partial charge in [0.25, 0.3) is 0 Å². The highest BCUT2D eigenvalue weighted by atomic mass is 16.5. The highest BCUT2D eigenvalue weighted by Crippen LogP contribution is 2.29. The smallest absolute Gasteiger partial charge is 0.306 e. The van der Waals surface area contributed by atoms with E-state index in [0.29, 0.717) is 12.8 Å². The molecule has 0 unspecified atom stereocenters. The molecule has 1 amide bonds. The number of carboxylic acids is 1. The van der Waals surface area contributed by atoms with Crippen molar-refractivity contribution in [3.05, 3.63) is 29.8 Å². The summed E-state index contributed by atoms with van der Waals surface area (Å²) >= 11 is 0. The molecule has 0 saturated heterocycles. The van der Waals surface area contributed by atoms with Crippen LogP contribution in [-0.4, -0.2) is 30.1 Å². The van der Waals surface area contributed by atoms with E-state index in [-0.39, 0.29) is 17.9 Å². The van der Waals surface area contributed by atoms with Crippen molar-refractivity contribution in [2.45, 2.75) is 44.6 Å². The molecule has 1 aromatic carbocycles. The van der Waals surface area contributed by atoms with Crippen LogP contribution in [0.2, 0.25) is 0 Å². The van der Waals surface area contributed by atoms with Crippen molar-refractivity contribution in [3.8, 4) is 5.75 Å². The third kappa shape index (κ3) is 3.40. The highest BCUT2D eigenvalue weighted by Gasteiger charge is 2.35. The Labute approximate surface area is 130 Å². The lowest BCUT2D eigenvalue weighted by Crippen LogP contribution is -2.44. The molecule has 2 atom stereocenters. The molecule has 2 rings (SSSR count). The molecule has 0 heterocycles. The number of ether oxygens (including phenoxy) is 1. The lowest BCUT2D eigenvalue weighted by atomic mass is 9.83. The van der Waals surface area contributed by atoms with Gasteiger partial charge >= 0.3 is 5.97 Å². The van der Waals surface area contributed by atoms with Crippen molar-refractivity contribution in [1.82, 2.24) is 5.32 Å². The Hall–Kier alpha value is -2.04. The first kappa shape index (κ1) is 16.3. The molecule has 0 aliphatic heterocycles. The molecule has 1 aromatic rings. The lowest BCUT2D eigenvalue weighted by molar-refractivity contribution is -0.141. The summed E-state index contributed by atoms with van der Waals surface area (Å²) in [6, 6.07) is 7.38. The normalized spacial score (nSPS) is 21.4. The maximum atomic E-state index is 12.6. The number of aliphatic carboxylic acids is 1. The van der Waals surface area contributed by atoms with E-state index in [1.54, 1.807) is 7.11 Å². The molecule has 1 aliphatic rings. The van der Waals surface area contributed by atoms with Gasteiger partial charge in [-0.1, -0.05) is 12.1 Å². The zero-order valence-electron chi connectivity index (χ0n) is 13.3. The molecule has 5 nitrogen and oxygen atoms in total. The molecular formula is C17H23NO4. The predicted molar refractivity (Wildman–Crippen MR) is 82.9 cm³/mol. The Bertz CT molecular complexity index is 550. The largest absolute Gasteiger partial charge is 0.497 e. The Morgan fingerprint density at radius 1 is 1.23 bits per heavy atom. The molecule has 1 saturated carbocycles. The van der Waals surface area contributed by atoms with Gasteiger partial charge in [-0.2, -0.15) is 0 Å². The summed E-state index contributed by atoms with van der Waals surface area (Å²) in [6.07, 6.45) is 1.87. The van der Waals surface area contributed by atoms with Gasteiger partial charge in [0, 0.05) is 6.04 Å².